The first kappa shape index (κ1) is 19.3. The fraction of sp³-hybridized carbons (Fsp3) is 0.357. The molecule has 0 aromatic heterocycles. The van der Waals surface area contributed by atoms with Crippen LogP contribution in [0.5, 0.6) is 0 Å². The number of hydrogen-bond acceptors (Lipinski definition) is 4. The largest absolute Gasteiger partial charge is 0.337 e. The first-order valence-electron chi connectivity index (χ1n) is 6.80. The van der Waals surface area contributed by atoms with Crippen LogP contribution in [-0.2, 0) is 4.79 Å². The molecule has 1 aliphatic rings. The highest BCUT2D eigenvalue weighted by atomic mass is 79.9. The van der Waals surface area contributed by atoms with Gasteiger partial charge in [-0.25, -0.2) is 19.1 Å². The van der Waals surface area contributed by atoms with Crippen LogP contribution in [0, 0.1) is 5.82 Å². The van der Waals surface area contributed by atoms with Crippen molar-refractivity contribution in [2.45, 2.75) is 9.40 Å². The lowest BCUT2D eigenvalue weighted by molar-refractivity contribution is -0.119. The second-order valence-electron chi connectivity index (χ2n) is 4.97. The van der Waals surface area contributed by atoms with E-state index in [0.717, 1.165) is 9.80 Å². The van der Waals surface area contributed by atoms with Crippen molar-refractivity contribution in [2.24, 2.45) is 4.99 Å². The fourth-order valence-electron chi connectivity index (χ4n) is 2.10. The van der Waals surface area contributed by atoms with Gasteiger partial charge in [0.15, 0.2) is 0 Å². The van der Waals surface area contributed by atoms with Gasteiger partial charge in [0.05, 0.1) is 11.6 Å². The fourth-order valence-corrected chi connectivity index (χ4v) is 2.91. The van der Waals surface area contributed by atoms with Gasteiger partial charge in [0.1, 0.15) is 15.2 Å². The Balaban J connectivity index is 2.56. The number of carbonyl (C=O) groups is 2. The van der Waals surface area contributed by atoms with E-state index in [1.165, 1.54) is 25.2 Å². The molecule has 1 N–H and O–H groups in total. The zero-order valence-corrected chi connectivity index (χ0v) is 16.7. The van der Waals surface area contributed by atoms with Crippen LogP contribution in [0.4, 0.5) is 14.9 Å². The number of anilines is 1. The number of alkyl halides is 3. The monoisotopic (exact) mass is 482 g/mol. The summed E-state index contributed by atoms with van der Waals surface area (Å²) < 4.78 is 13.3. The van der Waals surface area contributed by atoms with Crippen LogP contribution in [0.2, 0.25) is 0 Å². The van der Waals surface area contributed by atoms with Gasteiger partial charge in [-0.1, -0.05) is 44.0 Å². The zero-order chi connectivity index (χ0) is 18.1. The molecular formula is C14H14Br2ClFN4O2. The summed E-state index contributed by atoms with van der Waals surface area (Å²) >= 11 is 12.6. The molecule has 0 saturated carbocycles. The van der Waals surface area contributed by atoms with Gasteiger partial charge in [-0.3, -0.25) is 15.0 Å². The lowest BCUT2D eigenvalue weighted by Crippen LogP contribution is -2.43. The Bertz CT molecular complexity index is 701. The molecule has 1 unspecified atom stereocenters. The molecule has 6 nitrogen and oxygen atoms in total. The number of hydrogen-bond donors (Lipinski definition) is 1. The van der Waals surface area contributed by atoms with Crippen molar-refractivity contribution in [3.05, 3.63) is 30.1 Å². The highest BCUT2D eigenvalue weighted by Gasteiger charge is 2.44. The lowest BCUT2D eigenvalue weighted by Gasteiger charge is -2.26. The van der Waals surface area contributed by atoms with E-state index in [9.17, 15) is 14.0 Å². The highest BCUT2D eigenvalue weighted by Crippen LogP contribution is 2.33. The molecule has 1 fully saturated rings. The molecule has 0 aliphatic carbocycles. The molecule has 10 heteroatoms. The molecule has 1 aromatic carbocycles. The van der Waals surface area contributed by atoms with Crippen LogP contribution in [0.25, 0.3) is 0 Å². The molecule has 1 heterocycles. The number of carbonyl (C=O) groups excluding carboxylic acids is 2. The van der Waals surface area contributed by atoms with Crippen molar-refractivity contribution >= 4 is 66.9 Å². The third kappa shape index (κ3) is 3.49. The number of amides is 3. The maximum Gasteiger partial charge on any atom is 0.337 e. The van der Waals surface area contributed by atoms with Gasteiger partial charge in [0.2, 0.25) is 5.84 Å². The van der Waals surface area contributed by atoms with Crippen LogP contribution in [0.15, 0.2) is 29.3 Å². The van der Waals surface area contributed by atoms with Crippen LogP contribution in [0.1, 0.15) is 0 Å². The molecule has 24 heavy (non-hydrogen) atoms. The number of para-hydroxylation sites is 1. The maximum atomic E-state index is 14.1. The molecule has 130 valence electrons. The average molecular weight is 485 g/mol. The number of urea groups is 1. The van der Waals surface area contributed by atoms with Crippen LogP contribution in [-0.4, -0.2) is 52.0 Å². The number of imide groups is 1. The molecule has 1 aromatic rings. The first-order chi connectivity index (χ1) is 11.2. The summed E-state index contributed by atoms with van der Waals surface area (Å²) in [4.78, 5) is 30.9. The topological polar surface area (TPSA) is 65.0 Å². The number of rotatable bonds is 5. The number of halogens is 4. The van der Waals surface area contributed by atoms with E-state index >= 15 is 0 Å². The second-order valence-corrected chi connectivity index (χ2v) is 9.13. The third-order valence-corrected chi connectivity index (χ3v) is 5.88. The number of aliphatic imine (C=N–C) groups is 1. The Morgan fingerprint density at radius 3 is 2.54 bits per heavy atom. The number of nitrogens with zero attached hydrogens (tertiary/aromatic N) is 3. The summed E-state index contributed by atoms with van der Waals surface area (Å²) in [5.74, 6) is -1.34. The molecule has 0 spiro atoms. The molecule has 2 rings (SSSR count). The molecular weight excluding hydrogens is 470 g/mol. The number of likely N-dealkylation sites (N-methyl/N-ethyl adjacent to an activating group) is 1. The van der Waals surface area contributed by atoms with Gasteiger partial charge in [-0.15, -0.1) is 11.6 Å². The van der Waals surface area contributed by atoms with Gasteiger partial charge in [0.25, 0.3) is 5.91 Å². The predicted molar refractivity (Wildman–Crippen MR) is 98.6 cm³/mol. The van der Waals surface area contributed by atoms with Gasteiger partial charge < -0.3 is 0 Å². The summed E-state index contributed by atoms with van der Waals surface area (Å²) in [7, 11) is 2.93. The number of nitrogens with one attached hydrogen (secondary N) is 1. The van der Waals surface area contributed by atoms with E-state index in [2.05, 4.69) is 42.2 Å². The predicted octanol–water partition coefficient (Wildman–Crippen LogP) is 2.89. The smallest absolute Gasteiger partial charge is 0.297 e. The van der Waals surface area contributed by atoms with E-state index in [1.54, 1.807) is 13.1 Å². The molecule has 3 amide bonds. The van der Waals surface area contributed by atoms with Gasteiger partial charge in [0, 0.05) is 7.05 Å². The van der Waals surface area contributed by atoms with Crippen molar-refractivity contribution in [3.8, 4) is 0 Å². The summed E-state index contributed by atoms with van der Waals surface area (Å²) in [5.41, 5.74) is -0.0468. The average Bonchev–Trinajstić information content (AvgIpc) is 2.77. The first-order valence-corrected chi connectivity index (χ1v) is 8.92. The van der Waals surface area contributed by atoms with Crippen molar-refractivity contribution in [1.82, 2.24) is 10.2 Å². The van der Waals surface area contributed by atoms with Gasteiger partial charge >= 0.3 is 6.03 Å². The van der Waals surface area contributed by atoms with Crippen LogP contribution in [0.3, 0.4) is 0 Å². The Labute approximate surface area is 160 Å². The van der Waals surface area contributed by atoms with E-state index in [0.29, 0.717) is 0 Å². The standard InChI is InChI=1S/C14H14Br2ClFN4O2/c1-19-12(14(15,16)7-17)20-10-11(23)21(2)13(24)22(10)9-6-4-3-5-8(9)18/h3-6,12,19H,7H2,1-2H3/b20-10-. The Kier molecular flexibility index (Phi) is 6.00. The summed E-state index contributed by atoms with van der Waals surface area (Å²) in [6.07, 6.45) is -0.692. The minimum Gasteiger partial charge on any atom is -0.297 e. The Hall–Kier alpha value is -1.03. The molecule has 1 atom stereocenters. The van der Waals surface area contributed by atoms with Crippen molar-refractivity contribution in [3.63, 3.8) is 0 Å². The number of benzene rings is 1. The van der Waals surface area contributed by atoms with Crippen molar-refractivity contribution in [2.75, 3.05) is 24.9 Å². The minimum absolute atomic E-state index is 0.0468. The molecule has 0 bridgehead atoms. The van der Waals surface area contributed by atoms with E-state index in [-0.39, 0.29) is 17.4 Å². The van der Waals surface area contributed by atoms with E-state index < -0.39 is 27.2 Å². The zero-order valence-electron chi connectivity index (χ0n) is 12.8. The van der Waals surface area contributed by atoms with Gasteiger partial charge in [-0.2, -0.15) is 0 Å². The lowest BCUT2D eigenvalue weighted by atomic mass is 10.2. The normalized spacial score (nSPS) is 18.7. The van der Waals surface area contributed by atoms with E-state index in [4.69, 9.17) is 11.6 Å². The second kappa shape index (κ2) is 7.47. The quantitative estimate of drug-likeness (QED) is 0.517. The van der Waals surface area contributed by atoms with Gasteiger partial charge in [-0.05, 0) is 19.2 Å². The Morgan fingerprint density at radius 2 is 2.00 bits per heavy atom. The minimum atomic E-state index is -0.852. The maximum absolute atomic E-state index is 14.1. The molecule has 1 saturated heterocycles. The molecule has 1 aliphatic heterocycles. The summed E-state index contributed by atoms with van der Waals surface area (Å²) in [6.45, 7) is 0. The highest BCUT2D eigenvalue weighted by molar-refractivity contribution is 9.25. The van der Waals surface area contributed by atoms with Crippen molar-refractivity contribution in [1.29, 1.82) is 0 Å². The van der Waals surface area contributed by atoms with Crippen LogP contribution >= 0.6 is 43.5 Å². The Morgan fingerprint density at radius 1 is 1.38 bits per heavy atom. The summed E-state index contributed by atoms with van der Waals surface area (Å²) in [6, 6.07) is 4.99. The van der Waals surface area contributed by atoms with Crippen LogP contribution < -0.4 is 10.2 Å². The van der Waals surface area contributed by atoms with E-state index in [1.807, 2.05) is 0 Å². The third-order valence-electron chi connectivity index (χ3n) is 3.38. The van der Waals surface area contributed by atoms with Crippen molar-refractivity contribution < 1.29 is 14.0 Å². The number of amidine groups is 1. The SMILES string of the molecule is CNC(/N=C1/C(=O)N(C)C(=O)N1c1ccccc1F)C(Br)(Br)CCl. The molecule has 0 radical (unpaired) electrons. The summed E-state index contributed by atoms with van der Waals surface area (Å²) in [5, 5.41) is 2.89.